The summed E-state index contributed by atoms with van der Waals surface area (Å²) in [7, 11) is 1.29. The third kappa shape index (κ3) is 7.12. The SMILES string of the molecule is CCOc1ccc([C@H]2C(C(=O)OC)=CN=c3s/c(=C\c4cc(I)c(OCc5cccc([N+](=O)[O-])c5)c(I)c4)c(=O)n32)cc1OCC. The molecule has 0 spiro atoms. The lowest BCUT2D eigenvalue weighted by molar-refractivity contribution is -0.384. The number of rotatable bonds is 11. The van der Waals surface area contributed by atoms with Crippen molar-refractivity contribution in [2.24, 2.45) is 4.99 Å². The number of halogens is 2. The molecule has 0 N–H and O–H groups in total. The molecule has 0 aliphatic carbocycles. The summed E-state index contributed by atoms with van der Waals surface area (Å²) in [6.45, 7) is 4.75. The average molecular weight is 867 g/mol. The number of aromatic nitrogens is 1. The van der Waals surface area contributed by atoms with Crippen molar-refractivity contribution < 1.29 is 28.7 Å². The van der Waals surface area contributed by atoms with Gasteiger partial charge in [-0.2, -0.15) is 0 Å². The number of hydrogen-bond donors (Lipinski definition) is 0. The predicted octanol–water partition coefficient (Wildman–Crippen LogP) is 5.51. The van der Waals surface area contributed by atoms with Gasteiger partial charge in [0.25, 0.3) is 11.2 Å². The van der Waals surface area contributed by atoms with Crippen LogP contribution in [0.2, 0.25) is 0 Å². The van der Waals surface area contributed by atoms with Crippen LogP contribution < -0.4 is 29.1 Å². The lowest BCUT2D eigenvalue weighted by Crippen LogP contribution is -2.39. The number of nitrogens with zero attached hydrogens (tertiary/aromatic N) is 3. The number of benzene rings is 3. The third-order valence-electron chi connectivity index (χ3n) is 6.83. The molecule has 0 saturated heterocycles. The number of carbonyl (C=O) groups is 1. The van der Waals surface area contributed by atoms with Crippen LogP contribution in [0, 0.1) is 17.3 Å². The van der Waals surface area contributed by atoms with Gasteiger partial charge in [0.15, 0.2) is 16.3 Å². The maximum absolute atomic E-state index is 14.0. The second-order valence-electron chi connectivity index (χ2n) is 9.78. The Balaban J connectivity index is 1.52. The molecule has 11 nitrogen and oxygen atoms in total. The summed E-state index contributed by atoms with van der Waals surface area (Å²) in [6, 6.07) is 14.6. The fourth-order valence-corrected chi connectivity index (χ4v) is 7.95. The van der Waals surface area contributed by atoms with Gasteiger partial charge < -0.3 is 18.9 Å². The second kappa shape index (κ2) is 14.8. The number of nitro groups is 1. The van der Waals surface area contributed by atoms with Gasteiger partial charge in [-0.05, 0) is 106 Å². The van der Waals surface area contributed by atoms with E-state index < -0.39 is 16.9 Å². The number of fused-ring (bicyclic) bond motifs is 1. The van der Waals surface area contributed by atoms with Crippen molar-refractivity contribution in [2.75, 3.05) is 20.3 Å². The van der Waals surface area contributed by atoms with Crippen LogP contribution in [0.15, 0.2) is 76.2 Å². The molecule has 0 unspecified atom stereocenters. The largest absolute Gasteiger partial charge is 0.490 e. The molecule has 0 saturated carbocycles. The lowest BCUT2D eigenvalue weighted by atomic mass is 9.97. The first kappa shape index (κ1) is 33.6. The van der Waals surface area contributed by atoms with Crippen LogP contribution in [0.5, 0.6) is 17.2 Å². The summed E-state index contributed by atoms with van der Waals surface area (Å²) >= 11 is 5.54. The molecule has 46 heavy (non-hydrogen) atoms. The number of esters is 1. The van der Waals surface area contributed by atoms with E-state index in [1.54, 1.807) is 36.4 Å². The number of carbonyl (C=O) groups excluding carboxylic acids is 1. The molecule has 238 valence electrons. The van der Waals surface area contributed by atoms with Gasteiger partial charge in [0.2, 0.25) is 0 Å². The van der Waals surface area contributed by atoms with Gasteiger partial charge in [0.05, 0.1) is 48.5 Å². The highest BCUT2D eigenvalue weighted by Gasteiger charge is 2.31. The zero-order chi connectivity index (χ0) is 33.0. The fourth-order valence-electron chi connectivity index (χ4n) is 4.85. The van der Waals surface area contributed by atoms with Gasteiger partial charge in [0, 0.05) is 18.3 Å². The minimum absolute atomic E-state index is 0.000474. The second-order valence-corrected chi connectivity index (χ2v) is 13.1. The molecule has 1 aromatic heterocycles. The van der Waals surface area contributed by atoms with E-state index in [0.717, 1.165) is 12.7 Å². The maximum Gasteiger partial charge on any atom is 0.337 e. The molecule has 14 heteroatoms. The highest BCUT2D eigenvalue weighted by atomic mass is 127. The molecule has 4 aromatic rings. The Morgan fingerprint density at radius 2 is 1.76 bits per heavy atom. The summed E-state index contributed by atoms with van der Waals surface area (Å²) in [5, 5.41) is 11.1. The number of ether oxygens (including phenoxy) is 4. The predicted molar refractivity (Wildman–Crippen MR) is 189 cm³/mol. The minimum Gasteiger partial charge on any atom is -0.490 e. The van der Waals surface area contributed by atoms with E-state index in [9.17, 15) is 19.7 Å². The molecular formula is C32H27I2N3O8S. The number of nitro benzene ring substituents is 1. The zero-order valence-electron chi connectivity index (χ0n) is 24.8. The normalized spacial score (nSPS) is 14.2. The highest BCUT2D eigenvalue weighted by Crippen LogP contribution is 2.35. The molecule has 1 atom stereocenters. The maximum atomic E-state index is 14.0. The van der Waals surface area contributed by atoms with Crippen LogP contribution >= 0.6 is 56.5 Å². The van der Waals surface area contributed by atoms with E-state index in [1.807, 2.05) is 26.0 Å². The Morgan fingerprint density at radius 1 is 1.04 bits per heavy atom. The fraction of sp³-hybridized carbons (Fsp3) is 0.219. The molecule has 0 bridgehead atoms. The molecule has 0 fully saturated rings. The molecule has 3 aromatic carbocycles. The molecular weight excluding hydrogens is 840 g/mol. The van der Waals surface area contributed by atoms with E-state index in [1.165, 1.54) is 41.3 Å². The van der Waals surface area contributed by atoms with Crippen molar-refractivity contribution >= 4 is 74.3 Å². The first-order valence-electron chi connectivity index (χ1n) is 14.0. The Morgan fingerprint density at radius 3 is 2.43 bits per heavy atom. The number of thiazole rings is 1. The molecule has 0 amide bonds. The Labute approximate surface area is 294 Å². The van der Waals surface area contributed by atoms with Gasteiger partial charge >= 0.3 is 5.97 Å². The summed E-state index contributed by atoms with van der Waals surface area (Å²) < 4.78 is 26.2. The van der Waals surface area contributed by atoms with Crippen molar-refractivity contribution in [2.45, 2.75) is 26.5 Å². The Bertz CT molecular complexity index is 2020. The Hall–Kier alpha value is -3.77. The van der Waals surface area contributed by atoms with E-state index >= 15 is 0 Å². The number of non-ortho nitro benzene ring substituents is 1. The third-order valence-corrected chi connectivity index (χ3v) is 9.43. The van der Waals surface area contributed by atoms with Crippen molar-refractivity contribution in [1.29, 1.82) is 0 Å². The summed E-state index contributed by atoms with van der Waals surface area (Å²) in [5.74, 6) is 1.10. The van der Waals surface area contributed by atoms with Gasteiger partial charge in [-0.25, -0.2) is 9.79 Å². The number of methoxy groups -OCH3 is 1. The quantitative estimate of drug-likeness (QED) is 0.0836. The van der Waals surface area contributed by atoms with E-state index in [2.05, 4.69) is 50.2 Å². The van der Waals surface area contributed by atoms with Gasteiger partial charge in [-0.3, -0.25) is 19.5 Å². The van der Waals surface area contributed by atoms with Crippen molar-refractivity contribution in [3.05, 3.63) is 120 Å². The van der Waals surface area contributed by atoms with Crippen LogP contribution in [-0.4, -0.2) is 35.8 Å². The summed E-state index contributed by atoms with van der Waals surface area (Å²) in [4.78, 5) is 42.4. The van der Waals surface area contributed by atoms with Gasteiger partial charge in [0.1, 0.15) is 12.4 Å². The average Bonchev–Trinajstić information content (AvgIpc) is 3.35. The monoisotopic (exact) mass is 867 g/mol. The molecule has 2 heterocycles. The van der Waals surface area contributed by atoms with Gasteiger partial charge in [-0.15, -0.1) is 0 Å². The van der Waals surface area contributed by atoms with E-state index in [0.29, 0.717) is 50.9 Å². The smallest absolute Gasteiger partial charge is 0.337 e. The molecule has 0 radical (unpaired) electrons. The van der Waals surface area contributed by atoms with E-state index in [4.69, 9.17) is 18.9 Å². The van der Waals surface area contributed by atoms with Crippen LogP contribution in [0.1, 0.15) is 36.6 Å². The van der Waals surface area contributed by atoms with Crippen molar-refractivity contribution in [3.63, 3.8) is 0 Å². The van der Waals surface area contributed by atoms with E-state index in [-0.39, 0.29) is 23.4 Å². The van der Waals surface area contributed by atoms with Gasteiger partial charge in [-0.1, -0.05) is 29.5 Å². The van der Waals surface area contributed by atoms with Crippen LogP contribution in [0.3, 0.4) is 0 Å². The summed E-state index contributed by atoms with van der Waals surface area (Å²) in [5.41, 5.74) is 1.98. The summed E-state index contributed by atoms with van der Waals surface area (Å²) in [6.07, 6.45) is 3.23. The molecule has 1 aliphatic rings. The Kier molecular flexibility index (Phi) is 10.8. The molecule has 1 aliphatic heterocycles. The van der Waals surface area contributed by atoms with Crippen molar-refractivity contribution in [1.82, 2.24) is 4.57 Å². The van der Waals surface area contributed by atoms with Crippen LogP contribution in [0.4, 0.5) is 5.69 Å². The van der Waals surface area contributed by atoms with Crippen molar-refractivity contribution in [3.8, 4) is 17.2 Å². The van der Waals surface area contributed by atoms with Crippen LogP contribution in [-0.2, 0) is 16.1 Å². The highest BCUT2D eigenvalue weighted by molar-refractivity contribution is 14.1. The first-order chi connectivity index (χ1) is 22.1. The lowest BCUT2D eigenvalue weighted by Gasteiger charge is -2.23. The topological polar surface area (TPSA) is 131 Å². The standard InChI is InChI=1S/C32H27I2N3O8S/c1-4-43-25-10-9-20(15-26(25)44-5-2)28-22(31(39)42-3)16-35-32-36(28)30(38)27(46-32)14-19-12-23(33)29(24(34)13-19)45-17-18-7-6-8-21(11-18)37(40)41/h6-16,28H,4-5,17H2,1-3H3/b27-14-/t28-/m0/s1. The zero-order valence-corrected chi connectivity index (χ0v) is 30.0. The first-order valence-corrected chi connectivity index (χ1v) is 17.0. The molecule has 5 rings (SSSR count). The minimum atomic E-state index is -0.800. The van der Waals surface area contributed by atoms with Crippen LogP contribution in [0.25, 0.3) is 6.08 Å². The number of hydrogen-bond acceptors (Lipinski definition) is 10.